The molecule has 0 aromatic carbocycles. The summed E-state index contributed by atoms with van der Waals surface area (Å²) >= 11 is 2.80. The van der Waals surface area contributed by atoms with Crippen molar-refractivity contribution < 1.29 is 14.4 Å². The molecule has 2 N–H and O–H groups in total. The Labute approximate surface area is 155 Å². The van der Waals surface area contributed by atoms with Crippen LogP contribution in [0.5, 0.6) is 0 Å². The number of aromatic nitrogens is 2. The summed E-state index contributed by atoms with van der Waals surface area (Å²) in [6.45, 7) is 5.61. The van der Waals surface area contributed by atoms with Crippen molar-refractivity contribution in [1.29, 1.82) is 0 Å². The first-order valence-corrected chi connectivity index (χ1v) is 10.2. The normalized spacial score (nSPS) is 16.2. The maximum absolute atomic E-state index is 12.7. The summed E-state index contributed by atoms with van der Waals surface area (Å²) in [4.78, 5) is 38.1. The van der Waals surface area contributed by atoms with E-state index in [4.69, 9.17) is 0 Å². The van der Waals surface area contributed by atoms with Crippen molar-refractivity contribution in [3.63, 3.8) is 0 Å². The first-order chi connectivity index (χ1) is 12.0. The van der Waals surface area contributed by atoms with Crippen LogP contribution in [0.3, 0.4) is 0 Å². The van der Waals surface area contributed by atoms with Gasteiger partial charge in [0, 0.05) is 0 Å². The standard InChI is InChI=1S/C15H23N5O3S2/c1-4-7-15(8-5-2)11(22)20(13(23)17-15)9-10(21)16-12-18-19-14(25-12)24-6-3/h4-9H2,1-3H3,(H,17,23)(H,16,18,21). The fourth-order valence-corrected chi connectivity index (χ4v) is 4.55. The molecule has 1 saturated heterocycles. The molecule has 0 atom stereocenters. The van der Waals surface area contributed by atoms with Gasteiger partial charge in [0.25, 0.3) is 5.91 Å². The van der Waals surface area contributed by atoms with E-state index >= 15 is 0 Å². The Morgan fingerprint density at radius 1 is 1.24 bits per heavy atom. The second-order valence-electron chi connectivity index (χ2n) is 5.76. The summed E-state index contributed by atoms with van der Waals surface area (Å²) in [5.74, 6) is 0.0782. The number of carbonyl (C=O) groups excluding carboxylic acids is 3. The molecule has 2 heterocycles. The fraction of sp³-hybridized carbons (Fsp3) is 0.667. The van der Waals surface area contributed by atoms with Gasteiger partial charge in [-0.1, -0.05) is 56.7 Å². The van der Waals surface area contributed by atoms with Crippen LogP contribution < -0.4 is 10.6 Å². The van der Waals surface area contributed by atoms with Crippen LogP contribution >= 0.6 is 23.1 Å². The summed E-state index contributed by atoms with van der Waals surface area (Å²) in [6, 6.07) is -0.512. The van der Waals surface area contributed by atoms with Crippen molar-refractivity contribution in [3.8, 4) is 0 Å². The van der Waals surface area contributed by atoms with Crippen LogP contribution in [0.2, 0.25) is 0 Å². The monoisotopic (exact) mass is 385 g/mol. The van der Waals surface area contributed by atoms with Gasteiger partial charge in [0.15, 0.2) is 4.34 Å². The zero-order valence-corrected chi connectivity index (χ0v) is 16.3. The van der Waals surface area contributed by atoms with Crippen molar-refractivity contribution in [1.82, 2.24) is 20.4 Å². The average molecular weight is 386 g/mol. The topological polar surface area (TPSA) is 104 Å². The SMILES string of the molecule is CCCC1(CCC)NC(=O)N(CC(=O)Nc2nnc(SCC)s2)C1=O. The lowest BCUT2D eigenvalue weighted by Crippen LogP contribution is -2.47. The minimum absolute atomic E-state index is 0.323. The highest BCUT2D eigenvalue weighted by Crippen LogP contribution is 2.28. The van der Waals surface area contributed by atoms with Gasteiger partial charge in [-0.05, 0) is 18.6 Å². The minimum Gasteiger partial charge on any atom is -0.323 e. The third-order valence-electron chi connectivity index (χ3n) is 3.82. The van der Waals surface area contributed by atoms with Crippen LogP contribution in [0, 0.1) is 0 Å². The van der Waals surface area contributed by atoms with Gasteiger partial charge in [0.2, 0.25) is 11.0 Å². The fourth-order valence-electron chi connectivity index (χ4n) is 2.88. The Morgan fingerprint density at radius 2 is 1.92 bits per heavy atom. The first kappa shape index (κ1) is 19.6. The molecule has 1 fully saturated rings. The quantitative estimate of drug-likeness (QED) is 0.384. The van der Waals surface area contributed by atoms with Gasteiger partial charge in [-0.2, -0.15) is 0 Å². The molecule has 1 aromatic rings. The number of amides is 4. The molecule has 1 aliphatic heterocycles. The van der Waals surface area contributed by atoms with E-state index in [1.165, 1.54) is 23.1 Å². The van der Waals surface area contributed by atoms with Gasteiger partial charge in [0.05, 0.1) is 0 Å². The maximum atomic E-state index is 12.7. The highest BCUT2D eigenvalue weighted by atomic mass is 32.2. The number of hydrogen-bond acceptors (Lipinski definition) is 7. The lowest BCUT2D eigenvalue weighted by molar-refractivity contribution is -0.134. The zero-order chi connectivity index (χ0) is 18.4. The van der Waals surface area contributed by atoms with Crippen molar-refractivity contribution in [2.24, 2.45) is 0 Å². The van der Waals surface area contributed by atoms with Gasteiger partial charge in [-0.15, -0.1) is 10.2 Å². The van der Waals surface area contributed by atoms with Gasteiger partial charge < -0.3 is 5.32 Å². The van der Waals surface area contributed by atoms with Crippen molar-refractivity contribution in [2.45, 2.75) is 56.3 Å². The molecule has 10 heteroatoms. The van der Waals surface area contributed by atoms with E-state index in [9.17, 15) is 14.4 Å². The number of nitrogens with one attached hydrogen (secondary N) is 2. The van der Waals surface area contributed by atoms with Crippen molar-refractivity contribution >= 4 is 46.1 Å². The second kappa shape index (κ2) is 8.61. The van der Waals surface area contributed by atoms with Crippen molar-refractivity contribution in [2.75, 3.05) is 17.6 Å². The number of nitrogens with zero attached hydrogens (tertiary/aromatic N) is 3. The van der Waals surface area contributed by atoms with Crippen LogP contribution in [0.25, 0.3) is 0 Å². The molecule has 0 bridgehead atoms. The number of imide groups is 1. The molecule has 25 heavy (non-hydrogen) atoms. The molecule has 0 aliphatic carbocycles. The number of rotatable bonds is 9. The third-order valence-corrected chi connectivity index (χ3v) is 5.68. The van der Waals surface area contributed by atoms with E-state index in [-0.39, 0.29) is 12.5 Å². The predicted octanol–water partition coefficient (Wildman–Crippen LogP) is 2.48. The van der Waals surface area contributed by atoms with E-state index in [2.05, 4.69) is 20.8 Å². The van der Waals surface area contributed by atoms with Crippen LogP contribution in [-0.2, 0) is 9.59 Å². The zero-order valence-electron chi connectivity index (χ0n) is 14.6. The first-order valence-electron chi connectivity index (χ1n) is 8.36. The highest BCUT2D eigenvalue weighted by molar-refractivity contribution is 8.01. The second-order valence-corrected chi connectivity index (χ2v) is 8.25. The highest BCUT2D eigenvalue weighted by Gasteiger charge is 2.50. The maximum Gasteiger partial charge on any atom is 0.325 e. The van der Waals surface area contributed by atoms with E-state index < -0.39 is 17.5 Å². The Bertz CT molecular complexity index is 643. The van der Waals surface area contributed by atoms with E-state index in [1.807, 2.05) is 20.8 Å². The van der Waals surface area contributed by atoms with Crippen LogP contribution in [0.15, 0.2) is 4.34 Å². The summed E-state index contributed by atoms with van der Waals surface area (Å²) < 4.78 is 0.762. The molecule has 0 unspecified atom stereocenters. The largest absolute Gasteiger partial charge is 0.325 e. The molecule has 8 nitrogen and oxygen atoms in total. The molecule has 1 aliphatic rings. The van der Waals surface area contributed by atoms with Gasteiger partial charge in [-0.3, -0.25) is 19.8 Å². The molecule has 138 valence electrons. The Hall–Kier alpha value is -1.68. The van der Waals surface area contributed by atoms with Gasteiger partial charge >= 0.3 is 6.03 Å². The molecule has 0 spiro atoms. The lowest BCUT2D eigenvalue weighted by atomic mass is 9.88. The van der Waals surface area contributed by atoms with Crippen LogP contribution in [0.1, 0.15) is 46.5 Å². The number of carbonyl (C=O) groups is 3. The molecule has 4 amide bonds. The smallest absolute Gasteiger partial charge is 0.323 e. The summed E-state index contributed by atoms with van der Waals surface area (Å²) in [5.41, 5.74) is -0.880. The molecule has 1 aromatic heterocycles. The molecule has 0 radical (unpaired) electrons. The number of anilines is 1. The number of thioether (sulfide) groups is 1. The van der Waals surface area contributed by atoms with Gasteiger partial charge in [0.1, 0.15) is 12.1 Å². The van der Waals surface area contributed by atoms with Gasteiger partial charge in [-0.25, -0.2) is 4.79 Å². The Kier molecular flexibility index (Phi) is 6.77. The summed E-state index contributed by atoms with van der Waals surface area (Å²) in [6.07, 6.45) is 2.68. The third kappa shape index (κ3) is 4.49. The Morgan fingerprint density at radius 3 is 2.52 bits per heavy atom. The summed E-state index contributed by atoms with van der Waals surface area (Å²) in [7, 11) is 0. The predicted molar refractivity (Wildman–Crippen MR) is 97.7 cm³/mol. The number of urea groups is 1. The Balaban J connectivity index is 2.01. The average Bonchev–Trinajstić information content (AvgIpc) is 3.07. The van der Waals surface area contributed by atoms with Crippen molar-refractivity contribution in [3.05, 3.63) is 0 Å². The molecular formula is C15H23N5O3S2. The molecular weight excluding hydrogens is 362 g/mol. The minimum atomic E-state index is -0.880. The molecule has 0 saturated carbocycles. The number of hydrogen-bond donors (Lipinski definition) is 2. The van der Waals surface area contributed by atoms with E-state index in [0.29, 0.717) is 18.0 Å². The molecule has 2 rings (SSSR count). The lowest BCUT2D eigenvalue weighted by Gasteiger charge is -2.25. The van der Waals surface area contributed by atoms with Crippen LogP contribution in [0.4, 0.5) is 9.93 Å². The van der Waals surface area contributed by atoms with E-state index in [0.717, 1.165) is 27.8 Å². The van der Waals surface area contributed by atoms with E-state index in [1.54, 1.807) is 0 Å². The van der Waals surface area contributed by atoms with Crippen LogP contribution in [-0.4, -0.2) is 50.8 Å². The summed E-state index contributed by atoms with van der Waals surface area (Å²) in [5, 5.41) is 13.6.